The summed E-state index contributed by atoms with van der Waals surface area (Å²) in [6.07, 6.45) is 0.112. The lowest BCUT2D eigenvalue weighted by molar-refractivity contribution is -0.116. The third-order valence-electron chi connectivity index (χ3n) is 3.51. The first-order valence-corrected chi connectivity index (χ1v) is 8.34. The molecule has 2 aromatic rings. The maximum absolute atomic E-state index is 12.1. The summed E-state index contributed by atoms with van der Waals surface area (Å²) in [6, 6.07) is 10.1. The summed E-state index contributed by atoms with van der Waals surface area (Å²) in [7, 11) is 1.50. The van der Waals surface area contributed by atoms with E-state index >= 15 is 0 Å². The zero-order valence-corrected chi connectivity index (χ0v) is 15.4. The summed E-state index contributed by atoms with van der Waals surface area (Å²) >= 11 is 12.0. The topological polar surface area (TPSA) is 67.4 Å². The fourth-order valence-electron chi connectivity index (χ4n) is 2.17. The van der Waals surface area contributed by atoms with Crippen molar-refractivity contribution >= 4 is 40.7 Å². The molecule has 2 aromatic carbocycles. The molecule has 0 aliphatic carbocycles. The number of carbonyl (C=O) groups is 2. The van der Waals surface area contributed by atoms with E-state index < -0.39 is 0 Å². The molecule has 0 spiro atoms. The van der Waals surface area contributed by atoms with Gasteiger partial charge >= 0.3 is 0 Å². The van der Waals surface area contributed by atoms with Gasteiger partial charge in [-0.3, -0.25) is 9.59 Å². The number of aryl methyl sites for hydroxylation is 1. The van der Waals surface area contributed by atoms with Gasteiger partial charge in [-0.25, -0.2) is 0 Å². The molecule has 2 N–H and O–H groups in total. The zero-order valence-electron chi connectivity index (χ0n) is 13.9. The Labute approximate surface area is 156 Å². The third kappa shape index (κ3) is 5.11. The second-order valence-corrected chi connectivity index (χ2v) is 6.15. The largest absolute Gasteiger partial charge is 0.495 e. The number of benzene rings is 2. The molecule has 0 aromatic heterocycles. The third-order valence-corrected chi connectivity index (χ3v) is 4.25. The molecule has 0 heterocycles. The molecule has 132 valence electrons. The molecule has 0 aliphatic heterocycles. The van der Waals surface area contributed by atoms with Crippen LogP contribution in [0.2, 0.25) is 10.0 Å². The van der Waals surface area contributed by atoms with E-state index in [4.69, 9.17) is 27.9 Å². The molecule has 0 saturated carbocycles. The number of methoxy groups -OCH3 is 1. The van der Waals surface area contributed by atoms with Crippen molar-refractivity contribution in [3.8, 4) is 5.75 Å². The molecule has 5 nitrogen and oxygen atoms in total. The van der Waals surface area contributed by atoms with Crippen LogP contribution in [0.1, 0.15) is 22.3 Å². The second kappa shape index (κ2) is 8.74. The number of rotatable bonds is 6. The first-order chi connectivity index (χ1) is 11.9. The van der Waals surface area contributed by atoms with E-state index in [0.717, 1.165) is 5.56 Å². The number of amides is 2. The number of nitrogens with one attached hydrogen (secondary N) is 2. The van der Waals surface area contributed by atoms with Crippen LogP contribution in [0.15, 0.2) is 36.4 Å². The molecule has 0 unspecified atom stereocenters. The van der Waals surface area contributed by atoms with Crippen LogP contribution in [0.4, 0.5) is 5.69 Å². The lowest BCUT2D eigenvalue weighted by atomic mass is 10.2. The number of halogens is 2. The van der Waals surface area contributed by atoms with Gasteiger partial charge in [0.25, 0.3) is 5.91 Å². The van der Waals surface area contributed by atoms with Gasteiger partial charge in [-0.1, -0.05) is 35.3 Å². The van der Waals surface area contributed by atoms with Crippen LogP contribution < -0.4 is 15.4 Å². The molecule has 0 bridgehead atoms. The monoisotopic (exact) mass is 380 g/mol. The Morgan fingerprint density at radius 1 is 1.12 bits per heavy atom. The van der Waals surface area contributed by atoms with Crippen molar-refractivity contribution in [3.05, 3.63) is 57.6 Å². The normalized spacial score (nSPS) is 10.2. The van der Waals surface area contributed by atoms with Gasteiger partial charge in [0.1, 0.15) is 5.75 Å². The van der Waals surface area contributed by atoms with E-state index in [-0.39, 0.29) is 24.8 Å². The van der Waals surface area contributed by atoms with E-state index in [9.17, 15) is 9.59 Å². The van der Waals surface area contributed by atoms with Crippen LogP contribution in [0, 0.1) is 6.92 Å². The minimum atomic E-state index is -0.321. The van der Waals surface area contributed by atoms with Gasteiger partial charge in [-0.2, -0.15) is 0 Å². The van der Waals surface area contributed by atoms with Crippen molar-refractivity contribution in [2.45, 2.75) is 13.3 Å². The maximum Gasteiger partial charge on any atom is 0.252 e. The van der Waals surface area contributed by atoms with Crippen LogP contribution in [0.25, 0.3) is 0 Å². The summed E-state index contributed by atoms with van der Waals surface area (Å²) < 4.78 is 5.21. The minimum Gasteiger partial charge on any atom is -0.495 e. The Morgan fingerprint density at radius 3 is 2.52 bits per heavy atom. The van der Waals surface area contributed by atoms with Gasteiger partial charge in [0, 0.05) is 24.1 Å². The van der Waals surface area contributed by atoms with Crippen molar-refractivity contribution in [1.82, 2.24) is 5.32 Å². The first-order valence-electron chi connectivity index (χ1n) is 7.59. The Hall–Kier alpha value is -2.24. The molecule has 0 aliphatic rings. The van der Waals surface area contributed by atoms with Gasteiger partial charge in [0.2, 0.25) is 5.91 Å². The van der Waals surface area contributed by atoms with Gasteiger partial charge < -0.3 is 15.4 Å². The molecule has 0 atom stereocenters. The van der Waals surface area contributed by atoms with E-state index in [1.807, 2.05) is 6.92 Å². The smallest absolute Gasteiger partial charge is 0.252 e. The standard InChI is InChI=1S/C18H18Cl2N2O3/c1-11-9-15(16(25-2)10-14(11)20)22-17(23)7-8-21-18(24)12-5-3-4-6-13(12)19/h3-6,9-10H,7-8H2,1-2H3,(H,21,24)(H,22,23). The highest BCUT2D eigenvalue weighted by Gasteiger charge is 2.12. The Balaban J connectivity index is 1.90. The molecule has 2 amide bonds. The van der Waals surface area contributed by atoms with Crippen molar-refractivity contribution < 1.29 is 14.3 Å². The van der Waals surface area contributed by atoms with Crippen LogP contribution in [0.3, 0.4) is 0 Å². The molecule has 2 rings (SSSR count). The minimum absolute atomic E-state index is 0.112. The van der Waals surface area contributed by atoms with Crippen LogP contribution in [-0.4, -0.2) is 25.5 Å². The summed E-state index contributed by atoms with van der Waals surface area (Å²) in [5.74, 6) is -0.0955. The van der Waals surface area contributed by atoms with Crippen LogP contribution in [-0.2, 0) is 4.79 Å². The Bertz CT molecular complexity index is 794. The Kier molecular flexibility index (Phi) is 6.67. The maximum atomic E-state index is 12.1. The lowest BCUT2D eigenvalue weighted by Gasteiger charge is -2.12. The van der Waals surface area contributed by atoms with E-state index in [0.29, 0.717) is 27.0 Å². The first kappa shape index (κ1) is 19.1. The SMILES string of the molecule is COc1cc(Cl)c(C)cc1NC(=O)CCNC(=O)c1ccccc1Cl. The predicted octanol–water partition coefficient (Wildman–Crippen LogP) is 4.07. The predicted molar refractivity (Wildman–Crippen MR) is 99.8 cm³/mol. The number of ether oxygens (including phenoxy) is 1. The number of hydrogen-bond donors (Lipinski definition) is 2. The zero-order chi connectivity index (χ0) is 18.4. The highest BCUT2D eigenvalue weighted by molar-refractivity contribution is 6.33. The summed E-state index contributed by atoms with van der Waals surface area (Å²) in [6.45, 7) is 2.02. The lowest BCUT2D eigenvalue weighted by Crippen LogP contribution is -2.27. The van der Waals surface area contributed by atoms with Crippen LogP contribution in [0.5, 0.6) is 5.75 Å². The summed E-state index contributed by atoms with van der Waals surface area (Å²) in [5, 5.41) is 6.35. The number of anilines is 1. The highest BCUT2D eigenvalue weighted by Crippen LogP contribution is 2.30. The van der Waals surface area contributed by atoms with E-state index in [1.54, 1.807) is 36.4 Å². The number of carbonyl (C=O) groups excluding carboxylic acids is 2. The van der Waals surface area contributed by atoms with E-state index in [1.165, 1.54) is 7.11 Å². The second-order valence-electron chi connectivity index (χ2n) is 5.34. The quantitative estimate of drug-likeness (QED) is 0.793. The van der Waals surface area contributed by atoms with E-state index in [2.05, 4.69) is 10.6 Å². The average Bonchev–Trinajstić information content (AvgIpc) is 2.58. The molecule has 0 saturated heterocycles. The van der Waals surface area contributed by atoms with Gasteiger partial charge in [-0.05, 0) is 30.7 Å². The van der Waals surface area contributed by atoms with Gasteiger partial charge in [0.05, 0.1) is 23.4 Å². The average molecular weight is 381 g/mol. The number of hydrogen-bond acceptors (Lipinski definition) is 3. The van der Waals surface area contributed by atoms with Crippen molar-refractivity contribution in [2.24, 2.45) is 0 Å². The van der Waals surface area contributed by atoms with Crippen molar-refractivity contribution in [2.75, 3.05) is 19.0 Å². The van der Waals surface area contributed by atoms with Gasteiger partial charge in [-0.15, -0.1) is 0 Å². The Morgan fingerprint density at radius 2 is 1.84 bits per heavy atom. The fourth-order valence-corrected chi connectivity index (χ4v) is 2.55. The highest BCUT2D eigenvalue weighted by atomic mass is 35.5. The van der Waals surface area contributed by atoms with Gasteiger partial charge in [0.15, 0.2) is 0 Å². The molecule has 0 fully saturated rings. The fraction of sp³-hybridized carbons (Fsp3) is 0.222. The van der Waals surface area contributed by atoms with Crippen molar-refractivity contribution in [1.29, 1.82) is 0 Å². The summed E-state index contributed by atoms with van der Waals surface area (Å²) in [5.41, 5.74) is 1.73. The molecule has 7 heteroatoms. The molecule has 25 heavy (non-hydrogen) atoms. The summed E-state index contributed by atoms with van der Waals surface area (Å²) in [4.78, 5) is 24.1. The molecular formula is C18H18Cl2N2O3. The molecular weight excluding hydrogens is 363 g/mol. The van der Waals surface area contributed by atoms with Crippen molar-refractivity contribution in [3.63, 3.8) is 0 Å². The van der Waals surface area contributed by atoms with Crippen LogP contribution >= 0.6 is 23.2 Å². The molecule has 0 radical (unpaired) electrons.